The lowest BCUT2D eigenvalue weighted by molar-refractivity contribution is 0.243. The molecule has 0 saturated carbocycles. The maximum absolute atomic E-state index is 6.08. The van der Waals surface area contributed by atoms with Crippen LogP contribution < -0.4 is 9.47 Å². The van der Waals surface area contributed by atoms with Gasteiger partial charge in [0.25, 0.3) is 5.89 Å². The lowest BCUT2D eigenvalue weighted by Crippen LogP contribution is -1.97. The van der Waals surface area contributed by atoms with E-state index < -0.39 is 0 Å². The van der Waals surface area contributed by atoms with E-state index in [0.717, 1.165) is 5.56 Å². The SMILES string of the molecule is CCOc1ccccc1-c1noc(COc2cccc(Cl)c2Cl)n1. The Labute approximate surface area is 149 Å². The molecule has 0 aliphatic carbocycles. The lowest BCUT2D eigenvalue weighted by atomic mass is 10.2. The second-order valence-electron chi connectivity index (χ2n) is 4.78. The second-order valence-corrected chi connectivity index (χ2v) is 5.57. The summed E-state index contributed by atoms with van der Waals surface area (Å²) in [5.41, 5.74) is 0.759. The van der Waals surface area contributed by atoms with Crippen molar-refractivity contribution < 1.29 is 14.0 Å². The predicted octanol–water partition coefficient (Wildman–Crippen LogP) is 5.02. The van der Waals surface area contributed by atoms with Crippen LogP contribution in [0.2, 0.25) is 10.0 Å². The van der Waals surface area contributed by atoms with Gasteiger partial charge in [0.15, 0.2) is 6.61 Å². The molecule has 24 heavy (non-hydrogen) atoms. The van der Waals surface area contributed by atoms with Crippen LogP contribution in [0.25, 0.3) is 11.4 Å². The summed E-state index contributed by atoms with van der Waals surface area (Å²) in [4.78, 5) is 4.33. The van der Waals surface area contributed by atoms with Gasteiger partial charge in [0.05, 0.1) is 17.2 Å². The largest absolute Gasteiger partial charge is 0.493 e. The molecule has 0 unspecified atom stereocenters. The molecular formula is C17H14Cl2N2O3. The zero-order valence-electron chi connectivity index (χ0n) is 12.8. The molecule has 0 atom stereocenters. The molecule has 124 valence electrons. The van der Waals surface area contributed by atoms with Crippen LogP contribution in [0.15, 0.2) is 47.0 Å². The summed E-state index contributed by atoms with van der Waals surface area (Å²) in [6, 6.07) is 12.7. The Morgan fingerprint density at radius 2 is 1.79 bits per heavy atom. The number of para-hydroxylation sites is 1. The average Bonchev–Trinajstić information content (AvgIpc) is 3.06. The van der Waals surface area contributed by atoms with Crippen LogP contribution in [0.3, 0.4) is 0 Å². The number of hydrogen-bond donors (Lipinski definition) is 0. The first-order valence-corrected chi connectivity index (χ1v) is 8.06. The Bertz CT molecular complexity index is 836. The molecule has 0 fully saturated rings. The van der Waals surface area contributed by atoms with Crippen molar-refractivity contribution in [3.8, 4) is 22.9 Å². The highest BCUT2D eigenvalue weighted by Crippen LogP contribution is 2.32. The standard InChI is InChI=1S/C17H14Cl2N2O3/c1-2-22-13-8-4-3-6-11(13)17-20-15(24-21-17)10-23-14-9-5-7-12(18)16(14)19/h3-9H,2,10H2,1H3. The van der Waals surface area contributed by atoms with E-state index in [1.807, 2.05) is 31.2 Å². The molecule has 0 radical (unpaired) electrons. The van der Waals surface area contributed by atoms with Gasteiger partial charge in [0.1, 0.15) is 16.5 Å². The van der Waals surface area contributed by atoms with Crippen LogP contribution >= 0.6 is 23.2 Å². The molecule has 0 amide bonds. The minimum absolute atomic E-state index is 0.0872. The van der Waals surface area contributed by atoms with Gasteiger partial charge in [-0.05, 0) is 31.2 Å². The molecule has 1 aromatic heterocycles. The van der Waals surface area contributed by atoms with Crippen LogP contribution in [0.5, 0.6) is 11.5 Å². The minimum Gasteiger partial charge on any atom is -0.493 e. The van der Waals surface area contributed by atoms with E-state index in [2.05, 4.69) is 10.1 Å². The van der Waals surface area contributed by atoms with Crippen molar-refractivity contribution in [3.05, 3.63) is 58.4 Å². The van der Waals surface area contributed by atoms with Crippen LogP contribution in [0.4, 0.5) is 0 Å². The fraction of sp³-hybridized carbons (Fsp3) is 0.176. The van der Waals surface area contributed by atoms with Crippen LogP contribution in [0, 0.1) is 0 Å². The fourth-order valence-electron chi connectivity index (χ4n) is 2.09. The normalized spacial score (nSPS) is 10.6. The van der Waals surface area contributed by atoms with Gasteiger partial charge in [-0.2, -0.15) is 4.98 Å². The first-order chi connectivity index (χ1) is 11.7. The fourth-order valence-corrected chi connectivity index (χ4v) is 2.44. The summed E-state index contributed by atoms with van der Waals surface area (Å²) in [7, 11) is 0. The van der Waals surface area contributed by atoms with E-state index in [9.17, 15) is 0 Å². The van der Waals surface area contributed by atoms with E-state index in [1.165, 1.54) is 0 Å². The third-order valence-corrected chi connectivity index (χ3v) is 3.96. The molecule has 0 N–H and O–H groups in total. The maximum atomic E-state index is 6.08. The Balaban J connectivity index is 1.76. The van der Waals surface area contributed by atoms with Gasteiger partial charge in [0.2, 0.25) is 5.82 Å². The molecule has 0 spiro atoms. The molecule has 0 bridgehead atoms. The molecule has 2 aromatic carbocycles. The molecule has 0 saturated heterocycles. The minimum atomic E-state index is 0.0872. The summed E-state index contributed by atoms with van der Waals surface area (Å²) in [5, 5.41) is 4.75. The van der Waals surface area contributed by atoms with Gasteiger partial charge in [0, 0.05) is 0 Å². The van der Waals surface area contributed by atoms with Crippen LogP contribution in [-0.4, -0.2) is 16.7 Å². The van der Waals surface area contributed by atoms with Crippen molar-refractivity contribution in [1.82, 2.24) is 10.1 Å². The van der Waals surface area contributed by atoms with Crippen LogP contribution in [-0.2, 0) is 6.61 Å². The van der Waals surface area contributed by atoms with Gasteiger partial charge in [-0.15, -0.1) is 0 Å². The molecular weight excluding hydrogens is 351 g/mol. The van der Waals surface area contributed by atoms with Gasteiger partial charge in [-0.1, -0.05) is 46.6 Å². The highest BCUT2D eigenvalue weighted by Gasteiger charge is 2.14. The Hall–Kier alpha value is -2.24. The Morgan fingerprint density at radius 1 is 1.00 bits per heavy atom. The number of halogens is 2. The van der Waals surface area contributed by atoms with E-state index in [1.54, 1.807) is 18.2 Å². The van der Waals surface area contributed by atoms with Crippen molar-refractivity contribution in [2.45, 2.75) is 13.5 Å². The van der Waals surface area contributed by atoms with Gasteiger partial charge < -0.3 is 14.0 Å². The predicted molar refractivity (Wildman–Crippen MR) is 91.7 cm³/mol. The quantitative estimate of drug-likeness (QED) is 0.614. The summed E-state index contributed by atoms with van der Waals surface area (Å²) < 4.78 is 16.4. The summed E-state index contributed by atoms with van der Waals surface area (Å²) in [6.45, 7) is 2.56. The lowest BCUT2D eigenvalue weighted by Gasteiger charge is -2.06. The van der Waals surface area contributed by atoms with Gasteiger partial charge in [-0.3, -0.25) is 0 Å². The smallest absolute Gasteiger partial charge is 0.264 e. The molecule has 5 nitrogen and oxygen atoms in total. The number of ether oxygens (including phenoxy) is 2. The van der Waals surface area contributed by atoms with E-state index in [4.69, 9.17) is 37.2 Å². The number of benzene rings is 2. The number of hydrogen-bond acceptors (Lipinski definition) is 5. The van der Waals surface area contributed by atoms with Gasteiger partial charge >= 0.3 is 0 Å². The highest BCUT2D eigenvalue weighted by atomic mass is 35.5. The van der Waals surface area contributed by atoms with Crippen molar-refractivity contribution in [1.29, 1.82) is 0 Å². The molecule has 3 rings (SSSR count). The first-order valence-electron chi connectivity index (χ1n) is 7.30. The second kappa shape index (κ2) is 7.55. The monoisotopic (exact) mass is 364 g/mol. The van der Waals surface area contributed by atoms with Gasteiger partial charge in [-0.25, -0.2) is 0 Å². The summed E-state index contributed by atoms with van der Waals surface area (Å²) in [6.07, 6.45) is 0. The molecule has 1 heterocycles. The third kappa shape index (κ3) is 3.63. The average molecular weight is 365 g/mol. The van der Waals surface area contributed by atoms with Crippen LogP contribution in [0.1, 0.15) is 12.8 Å². The Morgan fingerprint density at radius 3 is 2.62 bits per heavy atom. The summed E-state index contributed by atoms with van der Waals surface area (Å²) in [5.74, 6) is 1.92. The van der Waals surface area contributed by atoms with Crippen molar-refractivity contribution >= 4 is 23.2 Å². The molecule has 0 aliphatic heterocycles. The Kier molecular flexibility index (Phi) is 5.23. The molecule has 0 aliphatic rings. The highest BCUT2D eigenvalue weighted by molar-refractivity contribution is 6.42. The van der Waals surface area contributed by atoms with Crippen molar-refractivity contribution in [2.75, 3.05) is 6.61 Å². The van der Waals surface area contributed by atoms with Crippen molar-refractivity contribution in [2.24, 2.45) is 0 Å². The van der Waals surface area contributed by atoms with Crippen molar-refractivity contribution in [3.63, 3.8) is 0 Å². The van der Waals surface area contributed by atoms with E-state index >= 15 is 0 Å². The zero-order valence-corrected chi connectivity index (χ0v) is 14.3. The van der Waals surface area contributed by atoms with E-state index in [0.29, 0.717) is 39.9 Å². The third-order valence-electron chi connectivity index (χ3n) is 3.16. The molecule has 7 heteroatoms. The number of nitrogens with zero attached hydrogens (tertiary/aromatic N) is 2. The maximum Gasteiger partial charge on any atom is 0.264 e. The summed E-state index contributed by atoms with van der Waals surface area (Å²) >= 11 is 12.0. The topological polar surface area (TPSA) is 57.4 Å². The zero-order chi connectivity index (χ0) is 16.9. The first kappa shape index (κ1) is 16.6. The number of aromatic nitrogens is 2. The van der Waals surface area contributed by atoms with E-state index in [-0.39, 0.29) is 6.61 Å². The molecule has 3 aromatic rings. The number of rotatable bonds is 6.